The highest BCUT2D eigenvalue weighted by molar-refractivity contribution is 5.32. The van der Waals surface area contributed by atoms with Crippen LogP contribution in [0.1, 0.15) is 30.4 Å². The Morgan fingerprint density at radius 2 is 1.36 bits per heavy atom. The molecule has 2 nitrogen and oxygen atoms in total. The number of hydrogen-bond donors (Lipinski definition) is 0. The third-order valence-electron chi connectivity index (χ3n) is 4.65. The minimum Gasteiger partial charge on any atom is -0.379 e. The van der Waals surface area contributed by atoms with Gasteiger partial charge in [0.25, 0.3) is 0 Å². The largest absolute Gasteiger partial charge is 0.379 e. The Labute approximate surface area is 133 Å². The first-order chi connectivity index (χ1) is 10.8. The van der Waals surface area contributed by atoms with Crippen molar-refractivity contribution in [2.45, 2.75) is 25.3 Å². The molecule has 1 aliphatic rings. The predicted octanol–water partition coefficient (Wildman–Crippen LogP) is 3.93. The highest BCUT2D eigenvalue weighted by atomic mass is 16.5. The maximum atomic E-state index is 5.48. The van der Waals surface area contributed by atoms with Crippen LogP contribution in [0.15, 0.2) is 60.7 Å². The van der Waals surface area contributed by atoms with E-state index in [1.807, 2.05) is 0 Å². The van der Waals surface area contributed by atoms with Gasteiger partial charge in [0, 0.05) is 25.0 Å². The smallest absolute Gasteiger partial charge is 0.0594 e. The van der Waals surface area contributed by atoms with Gasteiger partial charge < -0.3 is 4.74 Å². The van der Waals surface area contributed by atoms with Crippen LogP contribution in [-0.2, 0) is 4.74 Å². The van der Waals surface area contributed by atoms with Crippen molar-refractivity contribution in [3.8, 4) is 0 Å². The summed E-state index contributed by atoms with van der Waals surface area (Å²) in [6, 6.07) is 22.3. The summed E-state index contributed by atoms with van der Waals surface area (Å²) in [5.74, 6) is 0.459. The number of morpholine rings is 1. The molecule has 22 heavy (non-hydrogen) atoms. The Bertz CT molecular complexity index is 509. The zero-order chi connectivity index (χ0) is 15.2. The monoisotopic (exact) mass is 295 g/mol. The van der Waals surface area contributed by atoms with E-state index in [1.165, 1.54) is 11.1 Å². The van der Waals surface area contributed by atoms with Gasteiger partial charge in [0.2, 0.25) is 0 Å². The molecular weight excluding hydrogens is 270 g/mol. The lowest BCUT2D eigenvalue weighted by Crippen LogP contribution is -2.42. The van der Waals surface area contributed by atoms with Gasteiger partial charge in [0.15, 0.2) is 0 Å². The van der Waals surface area contributed by atoms with Crippen molar-refractivity contribution in [1.82, 2.24) is 4.90 Å². The van der Waals surface area contributed by atoms with E-state index in [0.717, 1.165) is 32.7 Å². The maximum absolute atomic E-state index is 5.48. The second-order valence-electron chi connectivity index (χ2n) is 6.11. The average molecular weight is 295 g/mol. The van der Waals surface area contributed by atoms with Gasteiger partial charge in [-0.25, -0.2) is 0 Å². The van der Waals surface area contributed by atoms with Crippen LogP contribution in [0.3, 0.4) is 0 Å². The van der Waals surface area contributed by atoms with Gasteiger partial charge in [-0.3, -0.25) is 4.90 Å². The zero-order valence-corrected chi connectivity index (χ0v) is 13.3. The van der Waals surface area contributed by atoms with Gasteiger partial charge in [0.05, 0.1) is 13.2 Å². The summed E-state index contributed by atoms with van der Waals surface area (Å²) in [7, 11) is 0. The molecule has 1 atom stereocenters. The van der Waals surface area contributed by atoms with Crippen LogP contribution < -0.4 is 0 Å². The fourth-order valence-corrected chi connectivity index (χ4v) is 3.34. The molecule has 1 fully saturated rings. The van der Waals surface area contributed by atoms with Crippen LogP contribution in [-0.4, -0.2) is 37.2 Å². The summed E-state index contributed by atoms with van der Waals surface area (Å²) in [5, 5.41) is 0. The summed E-state index contributed by atoms with van der Waals surface area (Å²) in [4.78, 5) is 2.56. The van der Waals surface area contributed by atoms with Gasteiger partial charge in [0.1, 0.15) is 0 Å². The van der Waals surface area contributed by atoms with Crippen LogP contribution >= 0.6 is 0 Å². The highest BCUT2D eigenvalue weighted by Gasteiger charge is 2.22. The Morgan fingerprint density at radius 1 is 0.864 bits per heavy atom. The normalized spacial score (nSPS) is 17.5. The highest BCUT2D eigenvalue weighted by Crippen LogP contribution is 2.30. The number of ether oxygens (including phenoxy) is 1. The van der Waals surface area contributed by atoms with E-state index >= 15 is 0 Å². The van der Waals surface area contributed by atoms with E-state index in [9.17, 15) is 0 Å². The van der Waals surface area contributed by atoms with E-state index < -0.39 is 0 Å². The van der Waals surface area contributed by atoms with Crippen molar-refractivity contribution in [2.24, 2.45) is 0 Å². The van der Waals surface area contributed by atoms with E-state index in [2.05, 4.69) is 72.5 Å². The summed E-state index contributed by atoms with van der Waals surface area (Å²) >= 11 is 0. The quantitative estimate of drug-likeness (QED) is 0.828. The first-order valence-corrected chi connectivity index (χ1v) is 8.26. The summed E-state index contributed by atoms with van der Waals surface area (Å²) in [5.41, 5.74) is 2.82. The predicted molar refractivity (Wildman–Crippen MR) is 91.2 cm³/mol. The maximum Gasteiger partial charge on any atom is 0.0594 e. The molecule has 0 radical (unpaired) electrons. The Balaban J connectivity index is 1.79. The van der Waals surface area contributed by atoms with Crippen molar-refractivity contribution in [3.05, 3.63) is 71.8 Å². The summed E-state index contributed by atoms with van der Waals surface area (Å²) in [6.07, 6.45) is 1.15. The molecule has 2 aromatic rings. The molecule has 0 bridgehead atoms. The van der Waals surface area contributed by atoms with E-state index in [1.54, 1.807) is 0 Å². The SMILES string of the molecule is C[C@@H](CC(c1ccccc1)c1ccccc1)N1CCOCC1. The standard InChI is InChI=1S/C20H25NO/c1-17(21-12-14-22-15-13-21)16-20(18-8-4-2-5-9-18)19-10-6-3-7-11-19/h2-11,17,20H,12-16H2,1H3/t17-/m0/s1. The molecule has 0 saturated carbocycles. The molecule has 0 unspecified atom stereocenters. The van der Waals surface area contributed by atoms with Gasteiger partial charge in [-0.15, -0.1) is 0 Å². The average Bonchev–Trinajstić information content (AvgIpc) is 2.62. The van der Waals surface area contributed by atoms with Crippen LogP contribution in [0.5, 0.6) is 0 Å². The molecule has 0 N–H and O–H groups in total. The lowest BCUT2D eigenvalue weighted by atomic mass is 9.86. The Hall–Kier alpha value is -1.64. The fourth-order valence-electron chi connectivity index (χ4n) is 3.34. The second kappa shape index (κ2) is 7.57. The third-order valence-corrected chi connectivity index (χ3v) is 4.65. The topological polar surface area (TPSA) is 12.5 Å². The van der Waals surface area contributed by atoms with Crippen LogP contribution in [0.4, 0.5) is 0 Å². The molecule has 0 spiro atoms. The Kier molecular flexibility index (Phi) is 5.25. The van der Waals surface area contributed by atoms with Gasteiger partial charge in [-0.05, 0) is 24.5 Å². The molecule has 0 amide bonds. The lowest BCUT2D eigenvalue weighted by Gasteiger charge is -2.34. The second-order valence-corrected chi connectivity index (χ2v) is 6.11. The van der Waals surface area contributed by atoms with Crippen LogP contribution in [0.25, 0.3) is 0 Å². The van der Waals surface area contributed by atoms with Crippen molar-refractivity contribution in [3.63, 3.8) is 0 Å². The van der Waals surface area contributed by atoms with E-state index in [4.69, 9.17) is 4.74 Å². The summed E-state index contributed by atoms with van der Waals surface area (Å²) in [6.45, 7) is 6.19. The molecule has 1 saturated heterocycles. The first kappa shape index (κ1) is 15.3. The number of benzene rings is 2. The molecule has 2 aromatic carbocycles. The summed E-state index contributed by atoms with van der Waals surface area (Å²) < 4.78 is 5.48. The van der Waals surface area contributed by atoms with Crippen molar-refractivity contribution < 1.29 is 4.74 Å². The van der Waals surface area contributed by atoms with E-state index in [-0.39, 0.29) is 0 Å². The molecule has 2 heteroatoms. The van der Waals surface area contributed by atoms with Gasteiger partial charge in [-0.1, -0.05) is 60.7 Å². The van der Waals surface area contributed by atoms with Crippen LogP contribution in [0, 0.1) is 0 Å². The van der Waals surface area contributed by atoms with Crippen molar-refractivity contribution >= 4 is 0 Å². The lowest BCUT2D eigenvalue weighted by molar-refractivity contribution is 0.0179. The van der Waals surface area contributed by atoms with Crippen molar-refractivity contribution in [2.75, 3.05) is 26.3 Å². The van der Waals surface area contributed by atoms with Crippen molar-refractivity contribution in [1.29, 1.82) is 0 Å². The van der Waals surface area contributed by atoms with Gasteiger partial charge in [-0.2, -0.15) is 0 Å². The molecule has 1 aliphatic heterocycles. The van der Waals surface area contributed by atoms with Gasteiger partial charge >= 0.3 is 0 Å². The molecule has 3 rings (SSSR count). The minimum absolute atomic E-state index is 0.459. The molecule has 116 valence electrons. The number of hydrogen-bond acceptors (Lipinski definition) is 2. The first-order valence-electron chi connectivity index (χ1n) is 8.26. The molecule has 0 aromatic heterocycles. The fraction of sp³-hybridized carbons (Fsp3) is 0.400. The van der Waals surface area contributed by atoms with E-state index in [0.29, 0.717) is 12.0 Å². The molecule has 1 heterocycles. The minimum atomic E-state index is 0.459. The molecule has 0 aliphatic carbocycles. The third kappa shape index (κ3) is 3.76. The Morgan fingerprint density at radius 3 is 1.86 bits per heavy atom. The zero-order valence-electron chi connectivity index (χ0n) is 13.3. The van der Waals surface area contributed by atoms with Crippen LogP contribution in [0.2, 0.25) is 0 Å². The number of nitrogens with zero attached hydrogens (tertiary/aromatic N) is 1. The number of rotatable bonds is 5. The molecular formula is C20H25NO.